The minimum absolute atomic E-state index is 0.00210. The molecular formula is C22H24ClN3O2. The van der Waals surface area contributed by atoms with Crippen LogP contribution in [-0.4, -0.2) is 37.0 Å². The highest BCUT2D eigenvalue weighted by Gasteiger charge is 2.19. The van der Waals surface area contributed by atoms with Gasteiger partial charge in [-0.25, -0.2) is 0 Å². The van der Waals surface area contributed by atoms with E-state index in [0.29, 0.717) is 28.8 Å². The molecule has 1 amide bonds. The fourth-order valence-corrected chi connectivity index (χ4v) is 3.49. The maximum Gasteiger partial charge on any atom is 0.257 e. The van der Waals surface area contributed by atoms with Crippen LogP contribution in [0.5, 0.6) is 5.75 Å². The SMILES string of the molecule is N#Cc1ccc(CN2CCC(CNC(=O)COc3cccc(Cl)c3)CC2)cc1. The summed E-state index contributed by atoms with van der Waals surface area (Å²) in [4.78, 5) is 14.4. The van der Waals surface area contributed by atoms with Crippen LogP contribution in [-0.2, 0) is 11.3 Å². The van der Waals surface area contributed by atoms with Gasteiger partial charge in [-0.05, 0) is 67.7 Å². The first-order valence-corrected chi connectivity index (χ1v) is 9.86. The molecule has 0 spiro atoms. The van der Waals surface area contributed by atoms with E-state index in [4.69, 9.17) is 21.6 Å². The Balaban J connectivity index is 1.33. The number of likely N-dealkylation sites (tertiary alicyclic amines) is 1. The van der Waals surface area contributed by atoms with Gasteiger partial charge in [0.1, 0.15) is 5.75 Å². The first-order chi connectivity index (χ1) is 13.6. The highest BCUT2D eigenvalue weighted by atomic mass is 35.5. The van der Waals surface area contributed by atoms with E-state index in [1.807, 2.05) is 24.3 Å². The predicted molar refractivity (Wildman–Crippen MR) is 109 cm³/mol. The summed E-state index contributed by atoms with van der Waals surface area (Å²) in [7, 11) is 0. The third kappa shape index (κ3) is 6.26. The zero-order valence-corrected chi connectivity index (χ0v) is 16.5. The molecule has 0 aliphatic carbocycles. The number of ether oxygens (including phenoxy) is 1. The third-order valence-electron chi connectivity index (χ3n) is 4.95. The summed E-state index contributed by atoms with van der Waals surface area (Å²) in [6.45, 7) is 3.61. The molecule has 1 heterocycles. The van der Waals surface area contributed by atoms with E-state index >= 15 is 0 Å². The molecule has 1 N–H and O–H groups in total. The largest absolute Gasteiger partial charge is 0.484 e. The molecule has 5 nitrogen and oxygen atoms in total. The lowest BCUT2D eigenvalue weighted by molar-refractivity contribution is -0.123. The molecule has 1 aliphatic heterocycles. The monoisotopic (exact) mass is 397 g/mol. The van der Waals surface area contributed by atoms with Crippen molar-refractivity contribution in [3.63, 3.8) is 0 Å². The molecule has 1 aliphatic rings. The Bertz CT molecular complexity index is 824. The number of nitrogens with one attached hydrogen (secondary N) is 1. The van der Waals surface area contributed by atoms with Crippen molar-refractivity contribution in [2.45, 2.75) is 19.4 Å². The molecule has 0 radical (unpaired) electrons. The van der Waals surface area contributed by atoms with E-state index in [1.165, 1.54) is 5.56 Å². The minimum Gasteiger partial charge on any atom is -0.484 e. The quantitative estimate of drug-likeness (QED) is 0.774. The van der Waals surface area contributed by atoms with Gasteiger partial charge in [0.25, 0.3) is 5.91 Å². The average molecular weight is 398 g/mol. The van der Waals surface area contributed by atoms with Crippen molar-refractivity contribution in [3.8, 4) is 11.8 Å². The lowest BCUT2D eigenvalue weighted by Crippen LogP contribution is -2.39. The zero-order valence-electron chi connectivity index (χ0n) is 15.7. The first kappa shape index (κ1) is 20.2. The molecule has 0 aromatic heterocycles. The Morgan fingerprint density at radius 3 is 2.64 bits per heavy atom. The Labute approximate surface area is 170 Å². The molecule has 1 saturated heterocycles. The van der Waals surface area contributed by atoms with Crippen LogP contribution in [0.1, 0.15) is 24.0 Å². The lowest BCUT2D eigenvalue weighted by atomic mass is 9.96. The smallest absolute Gasteiger partial charge is 0.257 e. The number of hydrogen-bond donors (Lipinski definition) is 1. The van der Waals surface area contributed by atoms with E-state index in [-0.39, 0.29) is 12.5 Å². The van der Waals surface area contributed by atoms with Crippen molar-refractivity contribution in [1.29, 1.82) is 5.26 Å². The molecule has 3 rings (SSSR count). The predicted octanol–water partition coefficient (Wildman–Crippen LogP) is 3.62. The van der Waals surface area contributed by atoms with Crippen molar-refractivity contribution in [2.75, 3.05) is 26.2 Å². The maximum absolute atomic E-state index is 12.0. The Kier molecular flexibility index (Phi) is 7.30. The zero-order chi connectivity index (χ0) is 19.8. The maximum atomic E-state index is 12.0. The van der Waals surface area contributed by atoms with Crippen LogP contribution in [0.15, 0.2) is 48.5 Å². The number of carbonyl (C=O) groups is 1. The van der Waals surface area contributed by atoms with Crippen LogP contribution in [0.2, 0.25) is 5.02 Å². The number of nitrogens with zero attached hydrogens (tertiary/aromatic N) is 2. The van der Waals surface area contributed by atoms with Gasteiger partial charge in [-0.2, -0.15) is 5.26 Å². The van der Waals surface area contributed by atoms with Crippen LogP contribution in [0.3, 0.4) is 0 Å². The fourth-order valence-electron chi connectivity index (χ4n) is 3.31. The van der Waals surface area contributed by atoms with E-state index < -0.39 is 0 Å². The van der Waals surface area contributed by atoms with Gasteiger partial charge < -0.3 is 10.1 Å². The van der Waals surface area contributed by atoms with Crippen LogP contribution < -0.4 is 10.1 Å². The first-order valence-electron chi connectivity index (χ1n) is 9.49. The summed E-state index contributed by atoms with van der Waals surface area (Å²) < 4.78 is 5.46. The molecule has 0 saturated carbocycles. The van der Waals surface area contributed by atoms with Crippen molar-refractivity contribution >= 4 is 17.5 Å². The van der Waals surface area contributed by atoms with Gasteiger partial charge in [0.2, 0.25) is 0 Å². The second kappa shape index (κ2) is 10.1. The lowest BCUT2D eigenvalue weighted by Gasteiger charge is -2.32. The van der Waals surface area contributed by atoms with Gasteiger partial charge in [0.15, 0.2) is 6.61 Å². The van der Waals surface area contributed by atoms with Crippen LogP contribution in [0.4, 0.5) is 0 Å². The molecule has 28 heavy (non-hydrogen) atoms. The summed E-state index contributed by atoms with van der Waals surface area (Å²) in [5.74, 6) is 0.978. The molecule has 2 aromatic carbocycles. The standard InChI is InChI=1S/C22H24ClN3O2/c23-20-2-1-3-21(12-20)28-16-22(27)25-14-18-8-10-26(11-9-18)15-19-6-4-17(13-24)5-7-19/h1-7,12,18H,8-11,14-16H2,(H,25,27). The molecule has 0 bridgehead atoms. The van der Waals surface area contributed by atoms with Gasteiger partial charge in [-0.15, -0.1) is 0 Å². The highest BCUT2D eigenvalue weighted by Crippen LogP contribution is 2.19. The van der Waals surface area contributed by atoms with E-state index in [9.17, 15) is 4.79 Å². The number of benzene rings is 2. The number of rotatable bonds is 7. The molecule has 2 aromatic rings. The summed E-state index contributed by atoms with van der Waals surface area (Å²) in [5, 5.41) is 12.4. The van der Waals surface area contributed by atoms with E-state index in [1.54, 1.807) is 24.3 Å². The van der Waals surface area contributed by atoms with Gasteiger partial charge in [-0.1, -0.05) is 29.8 Å². The topological polar surface area (TPSA) is 65.4 Å². The summed E-state index contributed by atoms with van der Waals surface area (Å²) in [6, 6.07) is 16.9. The van der Waals surface area contributed by atoms with Gasteiger partial charge in [-0.3, -0.25) is 9.69 Å². The normalized spacial score (nSPS) is 15.0. The van der Waals surface area contributed by atoms with Crippen LogP contribution in [0, 0.1) is 17.2 Å². The number of halogens is 1. The van der Waals surface area contributed by atoms with Crippen molar-refractivity contribution in [2.24, 2.45) is 5.92 Å². The molecular weight excluding hydrogens is 374 g/mol. The number of nitriles is 1. The molecule has 1 fully saturated rings. The highest BCUT2D eigenvalue weighted by molar-refractivity contribution is 6.30. The van der Waals surface area contributed by atoms with Crippen molar-refractivity contribution < 1.29 is 9.53 Å². The van der Waals surface area contributed by atoms with Crippen molar-refractivity contribution in [1.82, 2.24) is 10.2 Å². The van der Waals surface area contributed by atoms with E-state index in [2.05, 4.69) is 16.3 Å². The number of hydrogen-bond acceptors (Lipinski definition) is 4. The second-order valence-electron chi connectivity index (χ2n) is 7.08. The number of carbonyl (C=O) groups excluding carboxylic acids is 1. The third-order valence-corrected chi connectivity index (χ3v) is 5.19. The fraction of sp³-hybridized carbons (Fsp3) is 0.364. The van der Waals surface area contributed by atoms with Gasteiger partial charge in [0, 0.05) is 18.1 Å². The van der Waals surface area contributed by atoms with Gasteiger partial charge >= 0.3 is 0 Å². The van der Waals surface area contributed by atoms with Crippen molar-refractivity contribution in [3.05, 3.63) is 64.7 Å². The molecule has 146 valence electrons. The number of amides is 1. The van der Waals surface area contributed by atoms with Gasteiger partial charge in [0.05, 0.1) is 11.6 Å². The Hall–Kier alpha value is -2.55. The summed E-state index contributed by atoms with van der Waals surface area (Å²) in [6.07, 6.45) is 2.12. The Morgan fingerprint density at radius 2 is 1.96 bits per heavy atom. The summed E-state index contributed by atoms with van der Waals surface area (Å²) >= 11 is 5.90. The number of piperidine rings is 1. The van der Waals surface area contributed by atoms with Crippen LogP contribution >= 0.6 is 11.6 Å². The molecule has 0 unspecified atom stereocenters. The summed E-state index contributed by atoms with van der Waals surface area (Å²) in [5.41, 5.74) is 1.92. The molecule has 0 atom stereocenters. The second-order valence-corrected chi connectivity index (χ2v) is 7.51. The van der Waals surface area contributed by atoms with E-state index in [0.717, 1.165) is 32.5 Å². The molecule has 6 heteroatoms. The average Bonchev–Trinajstić information content (AvgIpc) is 2.72. The Morgan fingerprint density at radius 1 is 1.21 bits per heavy atom. The minimum atomic E-state index is -0.111. The van der Waals surface area contributed by atoms with Crippen LogP contribution in [0.25, 0.3) is 0 Å².